The maximum atomic E-state index is 12.7. The number of methoxy groups -OCH3 is 1. The fourth-order valence-electron chi connectivity index (χ4n) is 1.97. The average Bonchev–Trinajstić information content (AvgIpc) is 3.00. The number of aromatic nitrogens is 1. The first kappa shape index (κ1) is 18.5. The summed E-state index contributed by atoms with van der Waals surface area (Å²) in [6.07, 6.45) is -0.0787. The van der Waals surface area contributed by atoms with Gasteiger partial charge in [-0.3, -0.25) is 0 Å². The topological polar surface area (TPSA) is 106 Å². The highest BCUT2D eigenvalue weighted by Crippen LogP contribution is 2.24. The van der Waals surface area contributed by atoms with Gasteiger partial charge in [-0.1, -0.05) is 0 Å². The van der Waals surface area contributed by atoms with E-state index in [1.165, 1.54) is 0 Å². The Labute approximate surface area is 143 Å². The Bertz CT molecular complexity index is 732. The number of oxazole rings is 1. The van der Waals surface area contributed by atoms with Gasteiger partial charge < -0.3 is 29.6 Å². The molecule has 9 heteroatoms. The summed E-state index contributed by atoms with van der Waals surface area (Å²) in [6.45, 7) is 1.09. The van der Waals surface area contributed by atoms with Gasteiger partial charge in [-0.15, -0.1) is 0 Å². The van der Waals surface area contributed by atoms with Gasteiger partial charge in [-0.05, 0) is 18.6 Å². The number of fused-ring (bicyclic) bond motifs is 1. The molecule has 0 aliphatic heterocycles. The zero-order valence-electron chi connectivity index (χ0n) is 13.8. The molecule has 2 aromatic rings. The number of nitrogens with zero attached hydrogens (tertiary/aromatic N) is 1. The third kappa shape index (κ3) is 5.96. The van der Waals surface area contributed by atoms with Gasteiger partial charge in [0.05, 0.1) is 6.33 Å². The van der Waals surface area contributed by atoms with Crippen molar-refractivity contribution in [2.24, 2.45) is 0 Å². The third-order valence-corrected chi connectivity index (χ3v) is 3.21. The summed E-state index contributed by atoms with van der Waals surface area (Å²) in [5, 5.41) is 13.7. The molecule has 1 amide bonds. The molecule has 0 unspecified atom stereocenters. The molecule has 0 saturated heterocycles. The van der Waals surface area contributed by atoms with Crippen LogP contribution in [0.15, 0.2) is 34.5 Å². The Hall–Kier alpha value is -2.81. The van der Waals surface area contributed by atoms with Crippen LogP contribution in [-0.4, -0.2) is 49.6 Å². The molecule has 0 aliphatic carbocycles. The van der Waals surface area contributed by atoms with E-state index in [4.69, 9.17) is 19.0 Å². The number of halogens is 1. The van der Waals surface area contributed by atoms with E-state index in [2.05, 4.69) is 15.6 Å². The first-order chi connectivity index (χ1) is 12.1. The number of hydrogen-bond acceptors (Lipinski definition) is 6. The van der Waals surface area contributed by atoms with Gasteiger partial charge >= 0.3 is 6.09 Å². The van der Waals surface area contributed by atoms with Crippen molar-refractivity contribution < 1.29 is 28.2 Å². The number of carbonyl (C=O) groups is 1. The molecule has 3 N–H and O–H groups in total. The van der Waals surface area contributed by atoms with E-state index in [1.54, 1.807) is 25.3 Å². The molecule has 0 radical (unpaired) electrons. The van der Waals surface area contributed by atoms with E-state index in [9.17, 15) is 9.18 Å². The van der Waals surface area contributed by atoms with E-state index in [0.29, 0.717) is 42.3 Å². The first-order valence-electron chi connectivity index (χ1n) is 7.63. The summed E-state index contributed by atoms with van der Waals surface area (Å²) in [7, 11) is 1.64. The predicted octanol–water partition coefficient (Wildman–Crippen LogP) is 2.78. The SMILES string of the molecule is COCCCNc1nc2ccc(OCC(=CF)CNC(=O)O)cc2o1. The Morgan fingerprint density at radius 1 is 1.48 bits per heavy atom. The summed E-state index contributed by atoms with van der Waals surface area (Å²) in [4.78, 5) is 14.7. The molecule has 1 aromatic carbocycles. The van der Waals surface area contributed by atoms with Crippen LogP contribution in [0.4, 0.5) is 15.2 Å². The van der Waals surface area contributed by atoms with Gasteiger partial charge in [0.1, 0.15) is 17.9 Å². The number of ether oxygens (including phenoxy) is 2. The lowest BCUT2D eigenvalue weighted by atomic mass is 10.3. The molecular formula is C16H20FN3O5. The second kappa shape index (κ2) is 9.48. The highest BCUT2D eigenvalue weighted by atomic mass is 19.1. The maximum Gasteiger partial charge on any atom is 0.404 e. The zero-order chi connectivity index (χ0) is 18.1. The number of hydrogen-bond donors (Lipinski definition) is 3. The van der Waals surface area contributed by atoms with Crippen LogP contribution < -0.4 is 15.4 Å². The largest absolute Gasteiger partial charge is 0.489 e. The molecule has 1 heterocycles. The molecule has 8 nitrogen and oxygen atoms in total. The molecule has 0 atom stereocenters. The van der Waals surface area contributed by atoms with Crippen LogP contribution >= 0.6 is 0 Å². The van der Waals surface area contributed by atoms with Crippen LogP contribution in [0.2, 0.25) is 0 Å². The summed E-state index contributed by atoms with van der Waals surface area (Å²) in [6, 6.07) is 5.45. The third-order valence-electron chi connectivity index (χ3n) is 3.21. The number of nitrogens with one attached hydrogen (secondary N) is 2. The quantitative estimate of drug-likeness (QED) is 0.564. The van der Waals surface area contributed by atoms with E-state index in [1.807, 2.05) is 0 Å². The molecule has 0 bridgehead atoms. The first-order valence-corrected chi connectivity index (χ1v) is 7.63. The van der Waals surface area contributed by atoms with E-state index in [-0.39, 0.29) is 18.7 Å². The molecule has 2 rings (SSSR count). The number of benzene rings is 1. The Morgan fingerprint density at radius 3 is 3.04 bits per heavy atom. The molecule has 136 valence electrons. The van der Waals surface area contributed by atoms with Gasteiger partial charge in [-0.2, -0.15) is 4.98 Å². The lowest BCUT2D eigenvalue weighted by Gasteiger charge is -2.08. The van der Waals surface area contributed by atoms with Crippen molar-refractivity contribution in [3.63, 3.8) is 0 Å². The molecule has 25 heavy (non-hydrogen) atoms. The standard InChI is InChI=1S/C16H20FN3O5/c1-23-6-2-5-18-15-20-13-4-3-12(7-14(13)25-15)24-10-11(8-17)9-19-16(21)22/h3-4,7-8,19H,2,5-6,9-10H2,1H3,(H,18,20)(H,21,22). The lowest BCUT2D eigenvalue weighted by molar-refractivity contribution is 0.195. The number of anilines is 1. The van der Waals surface area contributed by atoms with Crippen LogP contribution in [0, 0.1) is 0 Å². The smallest absolute Gasteiger partial charge is 0.404 e. The molecule has 0 aliphatic rings. The highest BCUT2D eigenvalue weighted by molar-refractivity contribution is 5.76. The Morgan fingerprint density at radius 2 is 2.32 bits per heavy atom. The second-order valence-corrected chi connectivity index (χ2v) is 5.14. The van der Waals surface area contributed by atoms with Crippen molar-refractivity contribution in [1.82, 2.24) is 10.3 Å². The van der Waals surface area contributed by atoms with Crippen LogP contribution in [0.3, 0.4) is 0 Å². The van der Waals surface area contributed by atoms with Crippen molar-refractivity contribution in [3.05, 3.63) is 30.1 Å². The summed E-state index contributed by atoms with van der Waals surface area (Å²) in [5.41, 5.74) is 1.36. The van der Waals surface area contributed by atoms with Gasteiger partial charge in [0.15, 0.2) is 5.58 Å². The van der Waals surface area contributed by atoms with Crippen molar-refractivity contribution in [2.45, 2.75) is 6.42 Å². The van der Waals surface area contributed by atoms with Crippen LogP contribution in [0.5, 0.6) is 5.75 Å². The van der Waals surface area contributed by atoms with Gasteiger partial charge in [0.2, 0.25) is 0 Å². The van der Waals surface area contributed by atoms with E-state index >= 15 is 0 Å². The number of amides is 1. The van der Waals surface area contributed by atoms with Crippen molar-refractivity contribution >= 4 is 23.2 Å². The Kier molecular flexibility index (Phi) is 7.02. The van der Waals surface area contributed by atoms with Crippen molar-refractivity contribution in [2.75, 3.05) is 38.7 Å². The number of carboxylic acid groups (broad SMARTS) is 1. The van der Waals surface area contributed by atoms with Gasteiger partial charge in [0.25, 0.3) is 6.01 Å². The van der Waals surface area contributed by atoms with Crippen molar-refractivity contribution in [1.29, 1.82) is 0 Å². The maximum absolute atomic E-state index is 12.7. The van der Waals surface area contributed by atoms with Crippen molar-refractivity contribution in [3.8, 4) is 5.75 Å². The summed E-state index contributed by atoms with van der Waals surface area (Å²) in [5.74, 6) is 0.462. The molecule has 0 spiro atoms. The predicted molar refractivity (Wildman–Crippen MR) is 89.7 cm³/mol. The van der Waals surface area contributed by atoms with Gasteiger partial charge in [0, 0.05) is 38.4 Å². The van der Waals surface area contributed by atoms with Gasteiger partial charge in [-0.25, -0.2) is 9.18 Å². The van der Waals surface area contributed by atoms with Crippen LogP contribution in [0.1, 0.15) is 6.42 Å². The second-order valence-electron chi connectivity index (χ2n) is 5.14. The fraction of sp³-hybridized carbons (Fsp3) is 0.375. The summed E-state index contributed by atoms with van der Waals surface area (Å²) < 4.78 is 28.7. The van der Waals surface area contributed by atoms with E-state index in [0.717, 1.165) is 6.42 Å². The molecule has 0 saturated carbocycles. The average molecular weight is 353 g/mol. The molecule has 0 fully saturated rings. The lowest BCUT2D eigenvalue weighted by Crippen LogP contribution is -2.25. The van der Waals surface area contributed by atoms with E-state index < -0.39 is 6.09 Å². The van der Waals surface area contributed by atoms with Crippen LogP contribution in [-0.2, 0) is 4.74 Å². The highest BCUT2D eigenvalue weighted by Gasteiger charge is 2.08. The summed E-state index contributed by atoms with van der Waals surface area (Å²) >= 11 is 0. The Balaban J connectivity index is 1.92. The zero-order valence-corrected chi connectivity index (χ0v) is 13.8. The minimum absolute atomic E-state index is 0.0848. The molecule has 1 aromatic heterocycles. The fourth-order valence-corrected chi connectivity index (χ4v) is 1.97. The minimum atomic E-state index is -1.23. The monoisotopic (exact) mass is 353 g/mol. The minimum Gasteiger partial charge on any atom is -0.489 e. The van der Waals surface area contributed by atoms with Crippen LogP contribution in [0.25, 0.3) is 11.1 Å². The normalized spacial score (nSPS) is 11.5. The number of rotatable bonds is 10. The molecular weight excluding hydrogens is 333 g/mol.